The summed E-state index contributed by atoms with van der Waals surface area (Å²) in [4.78, 5) is 22.3. The second-order valence-electron chi connectivity index (χ2n) is 7.14. The maximum Gasteiger partial charge on any atom is 0.270 e. The van der Waals surface area contributed by atoms with Crippen molar-refractivity contribution >= 4 is 17.2 Å². The van der Waals surface area contributed by atoms with Crippen LogP contribution in [0.2, 0.25) is 0 Å². The first-order valence-electron chi connectivity index (χ1n) is 9.22. The second kappa shape index (κ2) is 7.09. The largest absolute Gasteiger partial charge is 0.357 e. The lowest BCUT2D eigenvalue weighted by atomic mass is 9.87. The van der Waals surface area contributed by atoms with Crippen molar-refractivity contribution in [2.24, 2.45) is 5.92 Å². The zero-order valence-electron chi connectivity index (χ0n) is 14.1. The van der Waals surface area contributed by atoms with Crippen molar-refractivity contribution in [2.45, 2.75) is 51.4 Å². The van der Waals surface area contributed by atoms with Gasteiger partial charge >= 0.3 is 0 Å². The fourth-order valence-electron chi connectivity index (χ4n) is 3.93. The van der Waals surface area contributed by atoms with Crippen LogP contribution < -0.4 is 0 Å². The van der Waals surface area contributed by atoms with Crippen molar-refractivity contribution in [1.29, 1.82) is 0 Å². The molecule has 1 amide bonds. The van der Waals surface area contributed by atoms with Gasteiger partial charge in [-0.05, 0) is 24.8 Å². The van der Waals surface area contributed by atoms with E-state index in [0.717, 1.165) is 49.5 Å². The Morgan fingerprint density at radius 3 is 2.79 bits per heavy atom. The van der Waals surface area contributed by atoms with E-state index >= 15 is 0 Å². The first-order chi connectivity index (χ1) is 11.8. The van der Waals surface area contributed by atoms with Gasteiger partial charge in [-0.1, -0.05) is 32.1 Å². The third kappa shape index (κ3) is 3.41. The predicted molar refractivity (Wildman–Crippen MR) is 97.3 cm³/mol. The molecular weight excluding hydrogens is 318 g/mol. The summed E-state index contributed by atoms with van der Waals surface area (Å²) in [6, 6.07) is 1.96. The van der Waals surface area contributed by atoms with Crippen molar-refractivity contribution in [3.8, 4) is 11.3 Å². The summed E-state index contributed by atoms with van der Waals surface area (Å²) in [5, 5.41) is 3.37. The van der Waals surface area contributed by atoms with Gasteiger partial charge < -0.3 is 9.88 Å². The van der Waals surface area contributed by atoms with Gasteiger partial charge in [-0.15, -0.1) is 11.3 Å². The fourth-order valence-corrected chi connectivity index (χ4v) is 4.85. The minimum atomic E-state index is 0.122. The van der Waals surface area contributed by atoms with Crippen LogP contribution in [0, 0.1) is 5.92 Å². The number of hydrogen-bond acceptors (Lipinski definition) is 3. The molecule has 0 aromatic carbocycles. The minimum absolute atomic E-state index is 0.122. The van der Waals surface area contributed by atoms with Gasteiger partial charge in [0.1, 0.15) is 5.69 Å². The van der Waals surface area contributed by atoms with Gasteiger partial charge in [-0.25, -0.2) is 4.98 Å². The number of aromatic amines is 1. The molecule has 0 unspecified atom stereocenters. The Morgan fingerprint density at radius 1 is 1.21 bits per heavy atom. The molecule has 1 aliphatic carbocycles. The SMILES string of the molecule is O=C(c1cc(-c2csc(CC3CCCCC3)n2)c[nH]1)N1CCCC1. The van der Waals surface area contributed by atoms with Crippen LogP contribution in [-0.4, -0.2) is 33.9 Å². The normalized spacial score (nSPS) is 19.1. The number of likely N-dealkylation sites (tertiary alicyclic amines) is 1. The second-order valence-corrected chi connectivity index (χ2v) is 8.08. The molecule has 1 saturated heterocycles. The molecule has 2 fully saturated rings. The van der Waals surface area contributed by atoms with Crippen LogP contribution in [0.25, 0.3) is 11.3 Å². The van der Waals surface area contributed by atoms with Crippen LogP contribution in [0.4, 0.5) is 0 Å². The van der Waals surface area contributed by atoms with Crippen molar-refractivity contribution in [3.63, 3.8) is 0 Å². The summed E-state index contributed by atoms with van der Waals surface area (Å²) in [5.74, 6) is 0.938. The number of H-pyrrole nitrogens is 1. The van der Waals surface area contributed by atoms with Crippen LogP contribution in [0.1, 0.15) is 60.4 Å². The highest BCUT2D eigenvalue weighted by atomic mass is 32.1. The van der Waals surface area contributed by atoms with E-state index < -0.39 is 0 Å². The standard InChI is InChI=1S/C19H25N3OS/c23-19(22-8-4-5-9-22)16-11-15(12-20-16)17-13-24-18(21-17)10-14-6-2-1-3-7-14/h11-14,20H,1-10H2. The zero-order valence-corrected chi connectivity index (χ0v) is 14.9. The Morgan fingerprint density at radius 2 is 2.00 bits per heavy atom. The molecule has 3 heterocycles. The van der Waals surface area contributed by atoms with Gasteiger partial charge in [-0.3, -0.25) is 4.79 Å². The third-order valence-corrected chi connectivity index (χ3v) is 6.21. The smallest absolute Gasteiger partial charge is 0.270 e. The van der Waals surface area contributed by atoms with Crippen molar-refractivity contribution in [3.05, 3.63) is 28.3 Å². The minimum Gasteiger partial charge on any atom is -0.357 e. The van der Waals surface area contributed by atoms with Crippen molar-refractivity contribution in [1.82, 2.24) is 14.9 Å². The molecule has 4 nitrogen and oxygen atoms in total. The number of nitrogens with zero attached hydrogens (tertiary/aromatic N) is 2. The van der Waals surface area contributed by atoms with Gasteiger partial charge in [0.15, 0.2) is 0 Å². The maximum atomic E-state index is 12.4. The first-order valence-corrected chi connectivity index (χ1v) is 10.1. The van der Waals surface area contributed by atoms with E-state index in [4.69, 9.17) is 4.98 Å². The Labute approximate surface area is 147 Å². The number of carbonyl (C=O) groups excluding carboxylic acids is 1. The molecule has 0 spiro atoms. The molecule has 1 saturated carbocycles. The Kier molecular flexibility index (Phi) is 4.69. The number of hydrogen-bond donors (Lipinski definition) is 1. The van der Waals surface area contributed by atoms with E-state index in [1.807, 2.05) is 17.2 Å². The van der Waals surface area contributed by atoms with Crippen LogP contribution in [0.3, 0.4) is 0 Å². The predicted octanol–water partition coefficient (Wildman–Crippen LogP) is 4.50. The average Bonchev–Trinajstić information content (AvgIpc) is 3.36. The molecule has 0 bridgehead atoms. The summed E-state index contributed by atoms with van der Waals surface area (Å²) in [5.41, 5.74) is 2.72. The van der Waals surface area contributed by atoms with E-state index in [1.165, 1.54) is 37.1 Å². The molecule has 2 aromatic rings. The highest BCUT2D eigenvalue weighted by molar-refractivity contribution is 7.09. The summed E-state index contributed by atoms with van der Waals surface area (Å²) >= 11 is 1.76. The highest BCUT2D eigenvalue weighted by Gasteiger charge is 2.21. The number of carbonyl (C=O) groups is 1. The molecule has 0 radical (unpaired) electrons. The number of rotatable bonds is 4. The van der Waals surface area contributed by atoms with Crippen molar-refractivity contribution < 1.29 is 4.79 Å². The third-order valence-electron chi connectivity index (χ3n) is 5.34. The molecule has 1 N–H and O–H groups in total. The molecule has 24 heavy (non-hydrogen) atoms. The summed E-state index contributed by atoms with van der Waals surface area (Å²) in [6.07, 6.45) is 12.1. The van der Waals surface area contributed by atoms with E-state index in [9.17, 15) is 4.79 Å². The van der Waals surface area contributed by atoms with Crippen LogP contribution in [0.5, 0.6) is 0 Å². The Balaban J connectivity index is 1.43. The van der Waals surface area contributed by atoms with Gasteiger partial charge in [-0.2, -0.15) is 0 Å². The lowest BCUT2D eigenvalue weighted by molar-refractivity contribution is 0.0788. The summed E-state index contributed by atoms with van der Waals surface area (Å²) in [6.45, 7) is 1.77. The first kappa shape index (κ1) is 15.9. The van der Waals surface area contributed by atoms with E-state index in [1.54, 1.807) is 11.3 Å². The lowest BCUT2D eigenvalue weighted by Crippen LogP contribution is -2.27. The zero-order chi connectivity index (χ0) is 16.4. The molecule has 2 aromatic heterocycles. The monoisotopic (exact) mass is 343 g/mol. The van der Waals surface area contributed by atoms with Crippen LogP contribution in [-0.2, 0) is 6.42 Å². The van der Waals surface area contributed by atoms with Crippen LogP contribution in [0.15, 0.2) is 17.6 Å². The van der Waals surface area contributed by atoms with Gasteiger partial charge in [0.2, 0.25) is 0 Å². The molecule has 4 rings (SSSR count). The van der Waals surface area contributed by atoms with E-state index in [-0.39, 0.29) is 5.91 Å². The summed E-state index contributed by atoms with van der Waals surface area (Å²) in [7, 11) is 0. The number of amides is 1. The van der Waals surface area contributed by atoms with Gasteiger partial charge in [0.05, 0.1) is 10.7 Å². The molecular formula is C19H25N3OS. The lowest BCUT2D eigenvalue weighted by Gasteiger charge is -2.20. The maximum absolute atomic E-state index is 12.4. The number of aromatic nitrogens is 2. The topological polar surface area (TPSA) is 49.0 Å². The summed E-state index contributed by atoms with van der Waals surface area (Å²) < 4.78 is 0. The highest BCUT2D eigenvalue weighted by Crippen LogP contribution is 2.30. The molecule has 0 atom stereocenters. The molecule has 5 heteroatoms. The molecule has 2 aliphatic rings. The van der Waals surface area contributed by atoms with E-state index in [0.29, 0.717) is 5.69 Å². The average molecular weight is 343 g/mol. The molecule has 128 valence electrons. The quantitative estimate of drug-likeness (QED) is 0.889. The number of thiazole rings is 1. The van der Waals surface area contributed by atoms with Gasteiger partial charge in [0.25, 0.3) is 5.91 Å². The molecule has 1 aliphatic heterocycles. The van der Waals surface area contributed by atoms with Crippen LogP contribution >= 0.6 is 11.3 Å². The Hall–Kier alpha value is -1.62. The van der Waals surface area contributed by atoms with Gasteiger partial charge in [0, 0.05) is 36.7 Å². The van der Waals surface area contributed by atoms with E-state index in [2.05, 4.69) is 10.4 Å². The van der Waals surface area contributed by atoms with Crippen molar-refractivity contribution in [2.75, 3.05) is 13.1 Å². The fraction of sp³-hybridized carbons (Fsp3) is 0.579. The number of nitrogens with one attached hydrogen (secondary N) is 1. The Bertz CT molecular complexity index is 693.